The first-order valence-corrected chi connectivity index (χ1v) is 38.2. The molecular weight excluding hydrogens is 1240 g/mol. The van der Waals surface area contributed by atoms with E-state index >= 15 is 0 Å². The summed E-state index contributed by atoms with van der Waals surface area (Å²) >= 11 is 5.81. The minimum absolute atomic E-state index is 0.0665. The van der Waals surface area contributed by atoms with Crippen molar-refractivity contribution >= 4 is 81.2 Å². The highest BCUT2D eigenvalue weighted by Gasteiger charge is 2.52. The predicted molar refractivity (Wildman–Crippen MR) is 406 cm³/mol. The third kappa shape index (κ3) is 8.04. The molecule has 0 saturated carbocycles. The molecule has 0 amide bonds. The molecule has 462 valence electrons. The van der Waals surface area contributed by atoms with Gasteiger partial charge in [0, 0.05) is 90.3 Å². The van der Waals surface area contributed by atoms with E-state index in [4.69, 9.17) is 4.74 Å². The van der Waals surface area contributed by atoms with Crippen LogP contribution in [-0.2, 0) is 21.7 Å². The van der Waals surface area contributed by atoms with Gasteiger partial charge in [-0.25, -0.2) is 0 Å². The number of benzene rings is 13. The summed E-state index contributed by atoms with van der Waals surface area (Å²) < 4.78 is 7.78. The summed E-state index contributed by atoms with van der Waals surface area (Å²) in [6, 6.07) is 104. The largest absolute Gasteiger partial charge is 0.456 e. The van der Waals surface area contributed by atoms with E-state index in [9.17, 15) is 0 Å². The van der Waals surface area contributed by atoms with Crippen LogP contribution in [-0.4, -0.2) is 8.07 Å². The fraction of sp³-hybridized carbons (Fsp3) is 0.133. The van der Waals surface area contributed by atoms with Crippen LogP contribution in [0.25, 0.3) is 55.6 Å². The molecule has 0 aromatic heterocycles. The van der Waals surface area contributed by atoms with Crippen LogP contribution in [0.5, 0.6) is 11.5 Å². The van der Waals surface area contributed by atoms with E-state index in [1.165, 1.54) is 139 Å². The Balaban J connectivity index is 0.759. The zero-order valence-electron chi connectivity index (χ0n) is 55.1. The van der Waals surface area contributed by atoms with Crippen LogP contribution in [0.3, 0.4) is 0 Å². The normalized spacial score (nSPS) is 16.3. The molecule has 0 atom stereocenters. The second-order valence-corrected chi connectivity index (χ2v) is 35.9. The molecule has 96 heavy (non-hydrogen) atoms. The smallest absolute Gasteiger partial charge is 0.188 e. The Morgan fingerprint density at radius 1 is 0.281 bits per heavy atom. The van der Waals surface area contributed by atoms with E-state index in [-0.39, 0.29) is 21.7 Å². The topological polar surface area (TPSA) is 12.5 Å². The maximum atomic E-state index is 7.78. The molecule has 2 nitrogen and oxygen atoms in total. The number of rotatable bonds is 7. The Labute approximate surface area is 577 Å². The molecule has 0 unspecified atom stereocenters. The van der Waals surface area contributed by atoms with Crippen molar-refractivity contribution in [1.29, 1.82) is 0 Å². The van der Waals surface area contributed by atoms with Crippen LogP contribution in [0, 0.1) is 0 Å². The molecule has 0 N–H and O–H groups in total. The number of hydrogen-bond acceptors (Lipinski definition) is 5. The van der Waals surface area contributed by atoms with Gasteiger partial charge in [0.2, 0.25) is 0 Å². The van der Waals surface area contributed by atoms with Crippen molar-refractivity contribution in [2.24, 2.45) is 0 Å². The van der Waals surface area contributed by atoms with Crippen molar-refractivity contribution in [1.82, 2.24) is 0 Å². The average molecular weight is 1300 g/mol. The first kappa shape index (κ1) is 58.1. The third-order valence-electron chi connectivity index (χ3n) is 22.6. The van der Waals surface area contributed by atoms with Gasteiger partial charge in [-0.1, -0.05) is 309 Å². The lowest BCUT2D eigenvalue weighted by molar-refractivity contribution is 0.489. The quantitative estimate of drug-likeness (QED) is 0.147. The molecule has 0 spiro atoms. The van der Waals surface area contributed by atoms with Crippen molar-refractivity contribution in [2.45, 2.75) is 106 Å². The summed E-state index contributed by atoms with van der Waals surface area (Å²) in [4.78, 5) is 10.5. The van der Waals surface area contributed by atoms with E-state index in [0.717, 1.165) is 39.7 Å². The van der Waals surface area contributed by atoms with E-state index in [2.05, 4.69) is 333 Å². The molecule has 3 aliphatic heterocycles. The summed E-state index contributed by atoms with van der Waals surface area (Å²) in [5.41, 5.74) is 26.2. The number of fused-ring (bicyclic) bond motifs is 18. The van der Waals surface area contributed by atoms with Gasteiger partial charge in [0.05, 0.1) is 0 Å². The molecule has 0 radical (unpaired) electrons. The maximum absolute atomic E-state index is 7.78. The molecule has 19 rings (SSSR count). The maximum Gasteiger partial charge on any atom is 0.188 e. The Morgan fingerprint density at radius 2 is 0.740 bits per heavy atom. The molecule has 6 heteroatoms. The molecule has 0 saturated heterocycles. The molecule has 3 heterocycles. The number of hydrogen-bond donors (Lipinski definition) is 0. The van der Waals surface area contributed by atoms with E-state index < -0.39 is 8.07 Å². The summed E-state index contributed by atoms with van der Waals surface area (Å²) in [5.74, 6) is 1.93. The van der Waals surface area contributed by atoms with Crippen molar-refractivity contribution < 1.29 is 4.74 Å². The summed E-state index contributed by atoms with van der Waals surface area (Å²) in [5, 5.41) is 5.22. The van der Waals surface area contributed by atoms with Gasteiger partial charge in [0.15, 0.2) is 8.07 Å². The number of para-hydroxylation sites is 1. The highest BCUT2D eigenvalue weighted by atomic mass is 32.2. The standard InChI is InChI=1S/C90H69NOS3Si/c1-87(2)66-31-17-15-27-63(66)79-69(87)50-52-78-83(79)92-82-61(29-22-36-77(82)96(78,59-23-11-9-12-24-59)60-25-13-10-14-26-60)54-37-41-56(42-38-54)91(58-45-46-65-73(53-58)90(7,8)70-47-48-72-85(80(65)70)94-74-34-20-19-33-68(74)89(72,5)6)57-43-39-55(40-44-57)62-30-21-35-75-84(62)95-86-76(93-75)51-49-71-81(86)64-28-16-18-32-67(64)88(71,3)4/h9-53H,1-8H3. The molecule has 6 aliphatic rings. The van der Waals surface area contributed by atoms with Gasteiger partial charge in [-0.3, -0.25) is 0 Å². The Morgan fingerprint density at radius 3 is 1.42 bits per heavy atom. The molecule has 0 bridgehead atoms. The van der Waals surface area contributed by atoms with Crippen molar-refractivity contribution in [3.63, 3.8) is 0 Å². The van der Waals surface area contributed by atoms with Gasteiger partial charge in [-0.05, 0) is 153 Å². The highest BCUT2D eigenvalue weighted by molar-refractivity contribution is 8.05. The summed E-state index contributed by atoms with van der Waals surface area (Å²) in [7, 11) is -3.06. The third-order valence-corrected chi connectivity index (χ3v) is 31.2. The van der Waals surface area contributed by atoms with Crippen LogP contribution in [0.4, 0.5) is 17.1 Å². The minimum Gasteiger partial charge on any atom is -0.456 e. The van der Waals surface area contributed by atoms with Gasteiger partial charge in [0.25, 0.3) is 0 Å². The van der Waals surface area contributed by atoms with Crippen LogP contribution in [0.2, 0.25) is 0 Å². The van der Waals surface area contributed by atoms with Crippen LogP contribution >= 0.6 is 35.3 Å². The van der Waals surface area contributed by atoms with Gasteiger partial charge < -0.3 is 9.64 Å². The Bertz CT molecular complexity index is 5430. The number of anilines is 3. The number of nitrogens with zero attached hydrogens (tertiary/aromatic N) is 1. The lowest BCUT2D eigenvalue weighted by Gasteiger charge is -2.41. The fourth-order valence-corrected chi connectivity index (χ4v) is 26.8. The first-order valence-electron chi connectivity index (χ1n) is 33.7. The Kier molecular flexibility index (Phi) is 12.6. The van der Waals surface area contributed by atoms with E-state index in [1.807, 2.05) is 35.3 Å². The van der Waals surface area contributed by atoms with Crippen molar-refractivity contribution in [2.75, 3.05) is 4.90 Å². The SMILES string of the molecule is CC1(C)c2ccccc2Sc2c1ccc1c2-c2ccc(N(c3ccc(-c4cccc5c4Oc4c(ccc6c4-c4ccccc4C6(C)C)[Si]5(c4ccccc4)c4ccccc4)cc3)c3ccc(-c4cccc5c4Sc4c(ccc6c4-c4ccccc4C6(C)C)S5)cc3)cc2C1(C)C. The lowest BCUT2D eigenvalue weighted by atomic mass is 9.75. The second kappa shape index (κ2) is 20.9. The van der Waals surface area contributed by atoms with Crippen LogP contribution < -0.4 is 30.4 Å². The van der Waals surface area contributed by atoms with Gasteiger partial charge in [-0.15, -0.1) is 0 Å². The predicted octanol–water partition coefficient (Wildman–Crippen LogP) is 22.3. The summed E-state index contributed by atoms with van der Waals surface area (Å²) in [6.07, 6.45) is 0. The van der Waals surface area contributed by atoms with Crippen LogP contribution in [0.15, 0.2) is 302 Å². The lowest BCUT2D eigenvalue weighted by Crippen LogP contribution is -2.76. The highest BCUT2D eigenvalue weighted by Crippen LogP contribution is 2.63. The zero-order valence-corrected chi connectivity index (χ0v) is 58.5. The first-order chi connectivity index (χ1) is 46.6. The van der Waals surface area contributed by atoms with E-state index in [1.54, 1.807) is 0 Å². The molecule has 0 fully saturated rings. The average Bonchev–Trinajstić information content (AvgIpc) is 1.24. The van der Waals surface area contributed by atoms with Gasteiger partial charge in [-0.2, -0.15) is 0 Å². The monoisotopic (exact) mass is 1300 g/mol. The molecular formula is C90H69NOS3Si. The zero-order chi connectivity index (χ0) is 64.8. The van der Waals surface area contributed by atoms with Gasteiger partial charge >= 0.3 is 0 Å². The van der Waals surface area contributed by atoms with Gasteiger partial charge in [0.1, 0.15) is 11.5 Å². The minimum atomic E-state index is -3.06. The summed E-state index contributed by atoms with van der Waals surface area (Å²) in [6.45, 7) is 19.2. The van der Waals surface area contributed by atoms with Crippen LogP contribution in [0.1, 0.15) is 99.9 Å². The van der Waals surface area contributed by atoms with E-state index in [0.29, 0.717) is 0 Å². The molecule has 13 aromatic rings. The molecule has 3 aliphatic carbocycles. The number of ether oxygens (including phenoxy) is 1. The molecule has 13 aromatic carbocycles. The second-order valence-electron chi connectivity index (χ2n) is 29.0. The van der Waals surface area contributed by atoms with Crippen molar-refractivity contribution in [3.8, 4) is 67.1 Å². The Hall–Kier alpha value is -9.27. The van der Waals surface area contributed by atoms with Crippen molar-refractivity contribution in [3.05, 3.63) is 317 Å². The fourth-order valence-electron chi connectivity index (χ4n) is 17.7.